The minimum absolute atomic E-state index is 0.00802. The summed E-state index contributed by atoms with van der Waals surface area (Å²) < 4.78 is 23.2. The molecule has 0 spiro atoms. The van der Waals surface area contributed by atoms with Crippen LogP contribution in [0.3, 0.4) is 0 Å². The standard InChI is InChI=1S/C50H97N2O6P/c1-6-8-10-12-14-16-18-19-20-21-22-23-24-25-26-27-28-29-30-31-32-33-34-35-37-39-41-43-49(53)48(47-58-59(55,56)57-46-45-52(3,4)5)51-50(54)44-42-40-38-36-17-15-13-11-9-7-2/h11,13,34-35,41,43,48-49,53H,6-10,12,14-33,36-40,42,44-47H2,1-5H3,(H-,51,54,55,56)/b13-11-,35-34+,43-41+. The molecule has 0 aliphatic carbocycles. The highest BCUT2D eigenvalue weighted by atomic mass is 31.2. The summed E-state index contributed by atoms with van der Waals surface area (Å²) in [7, 11) is 1.24. The van der Waals surface area contributed by atoms with E-state index in [1.165, 1.54) is 141 Å². The molecule has 3 atom stereocenters. The summed E-state index contributed by atoms with van der Waals surface area (Å²) in [5.74, 6) is -0.219. The Morgan fingerprint density at radius 1 is 0.576 bits per heavy atom. The molecule has 9 heteroatoms. The normalized spacial score (nSPS) is 14.5. The Morgan fingerprint density at radius 3 is 1.44 bits per heavy atom. The molecule has 0 saturated carbocycles. The quantitative estimate of drug-likeness (QED) is 0.0273. The van der Waals surface area contributed by atoms with Gasteiger partial charge in [-0.1, -0.05) is 204 Å². The van der Waals surface area contributed by atoms with Crippen LogP contribution >= 0.6 is 7.82 Å². The van der Waals surface area contributed by atoms with Gasteiger partial charge in [0.15, 0.2) is 0 Å². The number of hydrogen-bond donors (Lipinski definition) is 2. The van der Waals surface area contributed by atoms with Crippen molar-refractivity contribution in [2.75, 3.05) is 40.9 Å². The van der Waals surface area contributed by atoms with Crippen LogP contribution in [0.4, 0.5) is 0 Å². The van der Waals surface area contributed by atoms with Crippen LogP contribution < -0.4 is 10.2 Å². The van der Waals surface area contributed by atoms with Crippen molar-refractivity contribution in [3.05, 3.63) is 36.5 Å². The van der Waals surface area contributed by atoms with Crippen LogP contribution in [0.2, 0.25) is 0 Å². The number of aliphatic hydroxyl groups excluding tert-OH is 1. The van der Waals surface area contributed by atoms with Gasteiger partial charge in [0.2, 0.25) is 5.91 Å². The van der Waals surface area contributed by atoms with Gasteiger partial charge in [-0.25, -0.2) is 0 Å². The number of quaternary nitrogens is 1. The molecule has 0 heterocycles. The number of amides is 1. The van der Waals surface area contributed by atoms with E-state index in [1.807, 2.05) is 27.2 Å². The van der Waals surface area contributed by atoms with Gasteiger partial charge in [0, 0.05) is 6.42 Å². The summed E-state index contributed by atoms with van der Waals surface area (Å²) in [6.45, 7) is 4.56. The zero-order chi connectivity index (χ0) is 43.6. The Bertz CT molecular complexity index is 1060. The van der Waals surface area contributed by atoms with Gasteiger partial charge in [0.1, 0.15) is 13.2 Å². The van der Waals surface area contributed by atoms with Crippen LogP contribution in [-0.2, 0) is 18.4 Å². The first kappa shape index (κ1) is 57.7. The molecule has 2 N–H and O–H groups in total. The molecular formula is C50H97N2O6P. The lowest BCUT2D eigenvalue weighted by atomic mass is 10.0. The number of phosphoric acid groups is 1. The summed E-state index contributed by atoms with van der Waals surface area (Å²) in [6.07, 6.45) is 52.3. The van der Waals surface area contributed by atoms with Gasteiger partial charge >= 0.3 is 0 Å². The second-order valence-corrected chi connectivity index (χ2v) is 19.6. The summed E-state index contributed by atoms with van der Waals surface area (Å²) in [4.78, 5) is 25.2. The molecule has 0 aliphatic rings. The molecule has 0 aromatic rings. The van der Waals surface area contributed by atoms with Gasteiger partial charge in [-0.05, 0) is 51.4 Å². The predicted molar refractivity (Wildman–Crippen MR) is 251 cm³/mol. The highest BCUT2D eigenvalue weighted by Crippen LogP contribution is 2.38. The largest absolute Gasteiger partial charge is 0.756 e. The molecule has 3 unspecified atom stereocenters. The number of unbranched alkanes of at least 4 members (excludes halogenated alkanes) is 28. The first-order chi connectivity index (χ1) is 28.5. The molecule has 0 aromatic heterocycles. The zero-order valence-electron chi connectivity index (χ0n) is 39.5. The maximum Gasteiger partial charge on any atom is 0.268 e. The fourth-order valence-electron chi connectivity index (χ4n) is 7.11. The van der Waals surface area contributed by atoms with E-state index in [1.54, 1.807) is 6.08 Å². The molecule has 0 bridgehead atoms. The minimum Gasteiger partial charge on any atom is -0.756 e. The van der Waals surface area contributed by atoms with E-state index >= 15 is 0 Å². The maximum atomic E-state index is 12.8. The van der Waals surface area contributed by atoms with Crippen molar-refractivity contribution >= 4 is 13.7 Å². The summed E-state index contributed by atoms with van der Waals surface area (Å²) in [5, 5.41) is 13.8. The van der Waals surface area contributed by atoms with Crippen LogP contribution in [0.1, 0.15) is 226 Å². The van der Waals surface area contributed by atoms with Crippen molar-refractivity contribution in [3.8, 4) is 0 Å². The third-order valence-corrected chi connectivity index (χ3v) is 12.0. The lowest BCUT2D eigenvalue weighted by Crippen LogP contribution is -2.45. The van der Waals surface area contributed by atoms with Crippen LogP contribution in [-0.4, -0.2) is 68.5 Å². The molecule has 0 aromatic carbocycles. The van der Waals surface area contributed by atoms with Crippen molar-refractivity contribution in [1.29, 1.82) is 0 Å². The number of phosphoric ester groups is 1. The van der Waals surface area contributed by atoms with Crippen molar-refractivity contribution in [2.24, 2.45) is 0 Å². The van der Waals surface area contributed by atoms with Gasteiger partial charge < -0.3 is 28.8 Å². The van der Waals surface area contributed by atoms with E-state index in [0.29, 0.717) is 17.4 Å². The van der Waals surface area contributed by atoms with Crippen molar-refractivity contribution in [2.45, 2.75) is 238 Å². The Labute approximate surface area is 366 Å². The Morgan fingerprint density at radius 2 is 0.983 bits per heavy atom. The number of rotatable bonds is 45. The zero-order valence-corrected chi connectivity index (χ0v) is 40.4. The number of aliphatic hydroxyl groups is 1. The lowest BCUT2D eigenvalue weighted by molar-refractivity contribution is -0.870. The first-order valence-corrected chi connectivity index (χ1v) is 26.3. The second-order valence-electron chi connectivity index (χ2n) is 18.2. The predicted octanol–water partition coefficient (Wildman–Crippen LogP) is 13.6. The average Bonchev–Trinajstić information content (AvgIpc) is 3.19. The number of nitrogens with zero attached hydrogens (tertiary/aromatic N) is 1. The molecule has 0 saturated heterocycles. The molecule has 0 radical (unpaired) electrons. The molecule has 348 valence electrons. The van der Waals surface area contributed by atoms with Gasteiger partial charge in [-0.15, -0.1) is 0 Å². The number of carbonyl (C=O) groups is 1. The summed E-state index contributed by atoms with van der Waals surface area (Å²) >= 11 is 0. The molecule has 0 aliphatic heterocycles. The lowest BCUT2D eigenvalue weighted by Gasteiger charge is -2.29. The van der Waals surface area contributed by atoms with Gasteiger partial charge in [-0.2, -0.15) is 0 Å². The number of nitrogens with one attached hydrogen (secondary N) is 1. The van der Waals surface area contributed by atoms with Crippen molar-refractivity contribution in [3.63, 3.8) is 0 Å². The summed E-state index contributed by atoms with van der Waals surface area (Å²) in [6, 6.07) is -0.905. The SMILES string of the molecule is CCC/C=C\CCCCCCCC(=O)NC(COP(=O)([O-])OCC[N+](C)(C)C)C(O)/C=C/CC/C=C/CCCCCCCCCCCCCCCCCCCCCCC. The monoisotopic (exact) mass is 853 g/mol. The average molecular weight is 853 g/mol. The number of likely N-dealkylation sites (N-methyl/N-ethyl adjacent to an activating group) is 1. The van der Waals surface area contributed by atoms with E-state index in [0.717, 1.165) is 64.2 Å². The van der Waals surface area contributed by atoms with E-state index in [-0.39, 0.29) is 12.5 Å². The molecule has 1 amide bonds. The van der Waals surface area contributed by atoms with Gasteiger partial charge in [-0.3, -0.25) is 9.36 Å². The topological polar surface area (TPSA) is 108 Å². The number of hydrogen-bond acceptors (Lipinski definition) is 6. The van der Waals surface area contributed by atoms with Crippen LogP contribution in [0.25, 0.3) is 0 Å². The fourth-order valence-corrected chi connectivity index (χ4v) is 7.84. The Hall–Kier alpha value is -1.28. The van der Waals surface area contributed by atoms with Crippen molar-refractivity contribution in [1.82, 2.24) is 5.32 Å². The molecular weight excluding hydrogens is 756 g/mol. The number of carbonyl (C=O) groups excluding carboxylic acids is 1. The van der Waals surface area contributed by atoms with Crippen LogP contribution in [0.5, 0.6) is 0 Å². The van der Waals surface area contributed by atoms with Crippen LogP contribution in [0, 0.1) is 0 Å². The molecule has 59 heavy (non-hydrogen) atoms. The van der Waals surface area contributed by atoms with E-state index in [4.69, 9.17) is 9.05 Å². The summed E-state index contributed by atoms with van der Waals surface area (Å²) in [5.41, 5.74) is 0. The highest BCUT2D eigenvalue weighted by molar-refractivity contribution is 7.45. The highest BCUT2D eigenvalue weighted by Gasteiger charge is 2.23. The second kappa shape index (κ2) is 42.0. The third kappa shape index (κ3) is 44.6. The van der Waals surface area contributed by atoms with E-state index < -0.39 is 26.6 Å². The van der Waals surface area contributed by atoms with Gasteiger partial charge in [0.05, 0.1) is 39.9 Å². The third-order valence-electron chi connectivity index (χ3n) is 11.1. The van der Waals surface area contributed by atoms with Crippen LogP contribution in [0.15, 0.2) is 36.5 Å². The Balaban J connectivity index is 4.20. The van der Waals surface area contributed by atoms with E-state index in [2.05, 4.69) is 43.5 Å². The smallest absolute Gasteiger partial charge is 0.268 e. The molecule has 0 fully saturated rings. The minimum atomic E-state index is -4.60. The van der Waals surface area contributed by atoms with Gasteiger partial charge in [0.25, 0.3) is 7.82 Å². The van der Waals surface area contributed by atoms with E-state index in [9.17, 15) is 19.4 Å². The molecule has 0 rings (SSSR count). The fraction of sp³-hybridized carbons (Fsp3) is 0.860. The first-order valence-electron chi connectivity index (χ1n) is 24.9. The number of allylic oxidation sites excluding steroid dienone is 5. The maximum absolute atomic E-state index is 12.8. The Kier molecular flexibility index (Phi) is 41.1. The molecule has 8 nitrogen and oxygen atoms in total. The van der Waals surface area contributed by atoms with Crippen molar-refractivity contribution < 1.29 is 32.9 Å².